The Balaban J connectivity index is 2.23. The SMILES string of the molecule is CCc1nnc(OC2CCC(C)C(C)C2)c(C#N)c1CC. The second kappa shape index (κ2) is 6.89. The van der Waals surface area contributed by atoms with Crippen LogP contribution in [0.2, 0.25) is 0 Å². The van der Waals surface area contributed by atoms with Crippen LogP contribution in [0.25, 0.3) is 0 Å². The molecular weight excluding hydrogens is 262 g/mol. The first kappa shape index (κ1) is 15.8. The van der Waals surface area contributed by atoms with E-state index in [4.69, 9.17) is 4.74 Å². The molecule has 1 aliphatic carbocycles. The van der Waals surface area contributed by atoms with Crippen LogP contribution in [0.1, 0.15) is 63.8 Å². The van der Waals surface area contributed by atoms with E-state index in [1.165, 1.54) is 6.42 Å². The summed E-state index contributed by atoms with van der Waals surface area (Å²) in [5.74, 6) is 1.83. The molecule has 3 unspecified atom stereocenters. The van der Waals surface area contributed by atoms with Crippen molar-refractivity contribution in [3.05, 3.63) is 16.8 Å². The summed E-state index contributed by atoms with van der Waals surface area (Å²) in [6, 6.07) is 2.27. The van der Waals surface area contributed by atoms with Crippen LogP contribution in [0.4, 0.5) is 0 Å². The molecule has 0 bridgehead atoms. The van der Waals surface area contributed by atoms with Crippen LogP contribution in [0.15, 0.2) is 0 Å². The monoisotopic (exact) mass is 287 g/mol. The first-order valence-corrected chi connectivity index (χ1v) is 8.05. The van der Waals surface area contributed by atoms with E-state index in [1.807, 2.05) is 13.8 Å². The molecule has 1 aliphatic rings. The molecule has 1 aromatic rings. The van der Waals surface area contributed by atoms with Crippen molar-refractivity contribution in [1.82, 2.24) is 10.2 Å². The van der Waals surface area contributed by atoms with Gasteiger partial charge < -0.3 is 4.74 Å². The second-order valence-electron chi connectivity index (χ2n) is 6.13. The minimum atomic E-state index is 0.162. The fourth-order valence-corrected chi connectivity index (χ4v) is 3.12. The maximum Gasteiger partial charge on any atom is 0.252 e. The standard InChI is InChI=1S/C17H25N3O/c1-5-14-15(10-18)17(20-19-16(14)6-2)21-13-8-7-11(3)12(4)9-13/h11-13H,5-9H2,1-4H3. The van der Waals surface area contributed by atoms with Crippen molar-refractivity contribution in [3.63, 3.8) is 0 Å². The summed E-state index contributed by atoms with van der Waals surface area (Å²) in [5, 5.41) is 17.9. The molecule has 0 radical (unpaired) electrons. The largest absolute Gasteiger partial charge is 0.472 e. The van der Waals surface area contributed by atoms with Crippen LogP contribution < -0.4 is 4.74 Å². The fourth-order valence-electron chi connectivity index (χ4n) is 3.12. The zero-order valence-electron chi connectivity index (χ0n) is 13.5. The number of hydrogen-bond acceptors (Lipinski definition) is 4. The Bertz CT molecular complexity index is 536. The van der Waals surface area contributed by atoms with Gasteiger partial charge in [-0.1, -0.05) is 27.7 Å². The van der Waals surface area contributed by atoms with Gasteiger partial charge in [0.05, 0.1) is 5.69 Å². The summed E-state index contributed by atoms with van der Waals surface area (Å²) < 4.78 is 6.04. The Morgan fingerprint density at radius 2 is 1.90 bits per heavy atom. The van der Waals surface area contributed by atoms with Crippen LogP contribution in [-0.4, -0.2) is 16.3 Å². The molecule has 0 aromatic carbocycles. The van der Waals surface area contributed by atoms with Crippen molar-refractivity contribution in [2.24, 2.45) is 11.8 Å². The molecule has 3 atom stereocenters. The highest BCUT2D eigenvalue weighted by molar-refractivity contribution is 5.46. The van der Waals surface area contributed by atoms with Crippen LogP contribution >= 0.6 is 0 Å². The number of nitrogens with zero attached hydrogens (tertiary/aromatic N) is 3. The third kappa shape index (κ3) is 3.34. The van der Waals surface area contributed by atoms with E-state index in [0.717, 1.165) is 42.9 Å². The van der Waals surface area contributed by atoms with E-state index in [2.05, 4.69) is 30.1 Å². The molecule has 21 heavy (non-hydrogen) atoms. The van der Waals surface area contributed by atoms with Gasteiger partial charge in [-0.05, 0) is 49.5 Å². The van der Waals surface area contributed by atoms with Crippen LogP contribution in [-0.2, 0) is 12.8 Å². The quantitative estimate of drug-likeness (QED) is 0.847. The van der Waals surface area contributed by atoms with Gasteiger partial charge in [-0.2, -0.15) is 10.4 Å². The molecule has 4 nitrogen and oxygen atoms in total. The van der Waals surface area contributed by atoms with Crippen molar-refractivity contribution >= 4 is 0 Å². The summed E-state index contributed by atoms with van der Waals surface area (Å²) >= 11 is 0. The lowest BCUT2D eigenvalue weighted by Crippen LogP contribution is -2.29. The zero-order valence-corrected chi connectivity index (χ0v) is 13.5. The Labute approximate surface area is 127 Å². The first-order valence-electron chi connectivity index (χ1n) is 8.05. The lowest BCUT2D eigenvalue weighted by atomic mass is 9.80. The van der Waals surface area contributed by atoms with E-state index >= 15 is 0 Å². The highest BCUT2D eigenvalue weighted by Crippen LogP contribution is 2.32. The zero-order chi connectivity index (χ0) is 15.4. The van der Waals surface area contributed by atoms with Crippen LogP contribution in [0, 0.1) is 23.2 Å². The van der Waals surface area contributed by atoms with Crippen molar-refractivity contribution in [1.29, 1.82) is 5.26 Å². The van der Waals surface area contributed by atoms with Crippen LogP contribution in [0.3, 0.4) is 0 Å². The molecule has 114 valence electrons. The molecular formula is C17H25N3O. The molecule has 1 saturated carbocycles. The minimum absolute atomic E-state index is 0.162. The molecule has 0 N–H and O–H groups in total. The molecule has 2 rings (SSSR count). The Morgan fingerprint density at radius 3 is 2.48 bits per heavy atom. The number of hydrogen-bond donors (Lipinski definition) is 0. The summed E-state index contributed by atoms with van der Waals surface area (Å²) in [5.41, 5.74) is 2.48. The Morgan fingerprint density at radius 1 is 1.14 bits per heavy atom. The number of rotatable bonds is 4. The normalized spacial score (nSPS) is 25.4. The predicted molar refractivity (Wildman–Crippen MR) is 82.1 cm³/mol. The number of aryl methyl sites for hydroxylation is 1. The maximum atomic E-state index is 9.48. The van der Waals surface area contributed by atoms with Crippen molar-refractivity contribution < 1.29 is 4.74 Å². The maximum absolute atomic E-state index is 9.48. The highest BCUT2D eigenvalue weighted by Gasteiger charge is 2.27. The predicted octanol–water partition coefficient (Wildman–Crippen LogP) is 3.68. The number of aromatic nitrogens is 2. The summed E-state index contributed by atoms with van der Waals surface area (Å²) in [6.45, 7) is 8.65. The molecule has 1 fully saturated rings. The molecule has 0 saturated heterocycles. The molecule has 0 amide bonds. The number of nitriles is 1. The van der Waals surface area contributed by atoms with Gasteiger partial charge in [0, 0.05) is 0 Å². The minimum Gasteiger partial charge on any atom is -0.472 e. The fraction of sp³-hybridized carbons (Fsp3) is 0.706. The summed E-state index contributed by atoms with van der Waals surface area (Å²) in [7, 11) is 0. The van der Waals surface area contributed by atoms with Gasteiger partial charge in [0.25, 0.3) is 5.88 Å². The van der Waals surface area contributed by atoms with Gasteiger partial charge in [0.2, 0.25) is 0 Å². The summed E-state index contributed by atoms with van der Waals surface area (Å²) in [6.07, 6.45) is 4.99. The third-order valence-corrected chi connectivity index (χ3v) is 4.75. The molecule has 0 aliphatic heterocycles. The first-order chi connectivity index (χ1) is 10.1. The van der Waals surface area contributed by atoms with Crippen LogP contribution in [0.5, 0.6) is 5.88 Å². The van der Waals surface area contributed by atoms with Gasteiger partial charge in [-0.3, -0.25) is 0 Å². The molecule has 0 spiro atoms. The average Bonchev–Trinajstić information content (AvgIpc) is 2.50. The van der Waals surface area contributed by atoms with E-state index in [9.17, 15) is 5.26 Å². The lowest BCUT2D eigenvalue weighted by Gasteiger charge is -2.32. The Hall–Kier alpha value is -1.63. The van der Waals surface area contributed by atoms with Gasteiger partial charge >= 0.3 is 0 Å². The Kier molecular flexibility index (Phi) is 5.17. The van der Waals surface area contributed by atoms with E-state index < -0.39 is 0 Å². The average molecular weight is 287 g/mol. The van der Waals surface area contributed by atoms with Crippen molar-refractivity contribution in [2.75, 3.05) is 0 Å². The van der Waals surface area contributed by atoms with Gasteiger partial charge in [-0.15, -0.1) is 5.10 Å². The van der Waals surface area contributed by atoms with Crippen molar-refractivity contribution in [2.45, 2.75) is 65.9 Å². The molecule has 1 aromatic heterocycles. The smallest absolute Gasteiger partial charge is 0.252 e. The van der Waals surface area contributed by atoms with Crippen molar-refractivity contribution in [3.8, 4) is 11.9 Å². The summed E-state index contributed by atoms with van der Waals surface area (Å²) in [4.78, 5) is 0. The van der Waals surface area contributed by atoms with Gasteiger partial charge in [0.15, 0.2) is 0 Å². The van der Waals surface area contributed by atoms with Gasteiger partial charge in [-0.25, -0.2) is 0 Å². The van der Waals surface area contributed by atoms with E-state index in [-0.39, 0.29) is 6.10 Å². The lowest BCUT2D eigenvalue weighted by molar-refractivity contribution is 0.0950. The molecule has 4 heteroatoms. The highest BCUT2D eigenvalue weighted by atomic mass is 16.5. The second-order valence-corrected chi connectivity index (χ2v) is 6.13. The van der Waals surface area contributed by atoms with E-state index in [0.29, 0.717) is 17.4 Å². The number of ether oxygens (including phenoxy) is 1. The van der Waals surface area contributed by atoms with Gasteiger partial charge in [0.1, 0.15) is 17.7 Å². The van der Waals surface area contributed by atoms with E-state index in [1.54, 1.807) is 0 Å². The third-order valence-electron chi connectivity index (χ3n) is 4.75. The molecule has 1 heterocycles. The topological polar surface area (TPSA) is 58.8 Å².